The molecule has 0 saturated carbocycles. The molecular weight excluding hydrogens is 744 g/mol. The third-order valence-corrected chi connectivity index (χ3v) is 12.6. The molecule has 8 nitrogen and oxygen atoms in total. The number of allylic oxidation sites excluding steroid dienone is 1. The van der Waals surface area contributed by atoms with E-state index in [-0.39, 0.29) is 25.7 Å². The fraction of sp³-hybridized carbons (Fsp3) is 0.939. The number of aliphatic hydroxyl groups excluding tert-OH is 1. The summed E-state index contributed by atoms with van der Waals surface area (Å²) in [6.45, 7) is 4.18. The summed E-state index contributed by atoms with van der Waals surface area (Å²) < 4.78 is 22.2. The van der Waals surface area contributed by atoms with E-state index in [0.717, 1.165) is 38.5 Å². The van der Waals surface area contributed by atoms with Crippen LogP contribution < -0.4 is 11.1 Å². The number of amides is 1. The van der Waals surface area contributed by atoms with Gasteiger partial charge in [0.1, 0.15) is 0 Å². The van der Waals surface area contributed by atoms with Crippen LogP contribution in [0, 0.1) is 0 Å². The number of rotatable bonds is 48. The summed E-state index contributed by atoms with van der Waals surface area (Å²) in [6, 6.07) is -0.855. The first kappa shape index (κ1) is 57.2. The smallest absolute Gasteiger partial charge is 0.387 e. The normalized spacial score (nSPS) is 13.9. The van der Waals surface area contributed by atoms with Crippen LogP contribution in [0.3, 0.4) is 0 Å². The molecular formula is C49H99N2O6P. The van der Waals surface area contributed by atoms with Crippen LogP contribution in [-0.4, -0.2) is 47.8 Å². The minimum Gasteiger partial charge on any atom is -0.387 e. The minimum atomic E-state index is -4.34. The number of hydrogen-bond donors (Lipinski definition) is 4. The van der Waals surface area contributed by atoms with Gasteiger partial charge in [-0.25, -0.2) is 4.57 Å². The molecule has 0 aromatic rings. The van der Waals surface area contributed by atoms with Crippen molar-refractivity contribution >= 4 is 13.7 Å². The number of phosphoric acid groups is 1. The standard InChI is InChI=1S/C49H99N2O6P/c1-3-5-7-9-11-13-15-17-19-21-22-23-24-25-26-27-29-31-33-35-37-39-41-43-49(53)51-47(46-57-58(54,55)56-45-44-50)48(52)42-40-38-36-34-32-30-28-20-18-16-14-12-10-8-6-4-2/h40,42,47-48,52H,3-39,41,43-46,50H2,1-2H3,(H,51,53)(H,54,55)/b42-40+/t47-,48+/m0/s1. The van der Waals surface area contributed by atoms with Gasteiger partial charge in [0.2, 0.25) is 5.91 Å². The highest BCUT2D eigenvalue weighted by Gasteiger charge is 2.26. The largest absolute Gasteiger partial charge is 0.472 e. The molecule has 3 atom stereocenters. The van der Waals surface area contributed by atoms with E-state index < -0.39 is 20.0 Å². The van der Waals surface area contributed by atoms with Crippen molar-refractivity contribution in [2.45, 2.75) is 276 Å². The maximum Gasteiger partial charge on any atom is 0.472 e. The second kappa shape index (κ2) is 45.8. The fourth-order valence-corrected chi connectivity index (χ4v) is 8.54. The summed E-state index contributed by atoms with van der Waals surface area (Å²) in [4.78, 5) is 22.8. The lowest BCUT2D eigenvalue weighted by Gasteiger charge is -2.23. The second-order valence-electron chi connectivity index (χ2n) is 17.4. The molecule has 58 heavy (non-hydrogen) atoms. The van der Waals surface area contributed by atoms with Gasteiger partial charge in [-0.15, -0.1) is 0 Å². The maximum absolute atomic E-state index is 12.8. The fourth-order valence-electron chi connectivity index (χ4n) is 7.78. The lowest BCUT2D eigenvalue weighted by Crippen LogP contribution is -2.45. The van der Waals surface area contributed by atoms with Crippen LogP contribution in [0.2, 0.25) is 0 Å². The molecule has 0 fully saturated rings. The van der Waals surface area contributed by atoms with Gasteiger partial charge in [0, 0.05) is 13.0 Å². The molecule has 1 amide bonds. The zero-order chi connectivity index (χ0) is 42.5. The average molecular weight is 843 g/mol. The van der Waals surface area contributed by atoms with Crippen molar-refractivity contribution in [3.63, 3.8) is 0 Å². The SMILES string of the molecule is CCCCCCCCCCCCCCCC/C=C/[C@@H](O)[C@H](COP(=O)(O)OCCN)NC(=O)CCCCCCCCCCCCCCCCCCCCCCCCC. The quantitative estimate of drug-likeness (QED) is 0.0272. The van der Waals surface area contributed by atoms with Gasteiger partial charge in [-0.1, -0.05) is 251 Å². The molecule has 0 aromatic carbocycles. The molecule has 0 spiro atoms. The summed E-state index contributed by atoms with van der Waals surface area (Å²) >= 11 is 0. The first-order valence-electron chi connectivity index (χ1n) is 25.3. The highest BCUT2D eigenvalue weighted by molar-refractivity contribution is 7.47. The molecule has 0 rings (SSSR count). The van der Waals surface area contributed by atoms with Crippen LogP contribution in [0.4, 0.5) is 0 Å². The Morgan fingerprint density at radius 2 is 0.879 bits per heavy atom. The van der Waals surface area contributed by atoms with E-state index >= 15 is 0 Å². The minimum absolute atomic E-state index is 0.0816. The Morgan fingerprint density at radius 3 is 1.22 bits per heavy atom. The van der Waals surface area contributed by atoms with E-state index in [9.17, 15) is 19.4 Å². The molecule has 9 heteroatoms. The molecule has 0 aliphatic heterocycles. The molecule has 0 bridgehead atoms. The summed E-state index contributed by atoms with van der Waals surface area (Å²) in [5.41, 5.74) is 5.39. The number of phosphoric ester groups is 1. The summed E-state index contributed by atoms with van der Waals surface area (Å²) in [6.07, 6.45) is 52.7. The third kappa shape index (κ3) is 43.3. The van der Waals surface area contributed by atoms with E-state index in [2.05, 4.69) is 19.2 Å². The topological polar surface area (TPSA) is 131 Å². The number of carbonyl (C=O) groups excluding carboxylic acids is 1. The van der Waals surface area contributed by atoms with Crippen LogP contribution in [0.5, 0.6) is 0 Å². The van der Waals surface area contributed by atoms with Crippen molar-refractivity contribution in [1.82, 2.24) is 5.32 Å². The maximum atomic E-state index is 12.8. The van der Waals surface area contributed by atoms with Crippen molar-refractivity contribution in [2.75, 3.05) is 19.8 Å². The Hall–Kier alpha value is -0.760. The number of nitrogens with one attached hydrogen (secondary N) is 1. The Bertz CT molecular complexity index is 922. The number of unbranched alkanes of at least 4 members (excludes halogenated alkanes) is 36. The highest BCUT2D eigenvalue weighted by atomic mass is 31.2. The Labute approximate surface area is 360 Å². The number of nitrogens with two attached hydrogens (primary N) is 1. The van der Waals surface area contributed by atoms with Gasteiger partial charge in [-0.2, -0.15) is 0 Å². The highest BCUT2D eigenvalue weighted by Crippen LogP contribution is 2.43. The van der Waals surface area contributed by atoms with Crippen LogP contribution in [0.15, 0.2) is 12.2 Å². The molecule has 0 aromatic heterocycles. The van der Waals surface area contributed by atoms with Crippen LogP contribution in [0.25, 0.3) is 0 Å². The molecule has 346 valence electrons. The van der Waals surface area contributed by atoms with E-state index in [1.165, 1.54) is 205 Å². The van der Waals surface area contributed by atoms with Crippen LogP contribution in [0.1, 0.15) is 264 Å². The van der Waals surface area contributed by atoms with Gasteiger partial charge in [0.05, 0.1) is 25.4 Å². The van der Waals surface area contributed by atoms with Crippen molar-refractivity contribution < 1.29 is 28.4 Å². The van der Waals surface area contributed by atoms with Gasteiger partial charge < -0.3 is 21.1 Å². The molecule has 5 N–H and O–H groups in total. The number of aliphatic hydroxyl groups is 1. The molecule has 0 radical (unpaired) electrons. The van der Waals surface area contributed by atoms with E-state index in [1.807, 2.05) is 6.08 Å². The van der Waals surface area contributed by atoms with Gasteiger partial charge >= 0.3 is 7.82 Å². The third-order valence-electron chi connectivity index (χ3n) is 11.6. The van der Waals surface area contributed by atoms with E-state index in [0.29, 0.717) is 6.42 Å². The van der Waals surface area contributed by atoms with Gasteiger partial charge in [0.25, 0.3) is 0 Å². The second-order valence-corrected chi connectivity index (χ2v) is 18.8. The monoisotopic (exact) mass is 843 g/mol. The predicted molar refractivity (Wildman–Crippen MR) is 249 cm³/mol. The van der Waals surface area contributed by atoms with E-state index in [1.54, 1.807) is 6.08 Å². The van der Waals surface area contributed by atoms with Crippen molar-refractivity contribution in [1.29, 1.82) is 0 Å². The Kier molecular flexibility index (Phi) is 45.2. The molecule has 0 aliphatic carbocycles. The van der Waals surface area contributed by atoms with Gasteiger partial charge in [0.15, 0.2) is 0 Å². The van der Waals surface area contributed by atoms with Crippen molar-refractivity contribution in [3.8, 4) is 0 Å². The van der Waals surface area contributed by atoms with E-state index in [4.69, 9.17) is 14.8 Å². The summed E-state index contributed by atoms with van der Waals surface area (Å²) in [7, 11) is -4.34. The lowest BCUT2D eigenvalue weighted by atomic mass is 10.0. The Balaban J connectivity index is 4.03. The molecule has 0 saturated heterocycles. The van der Waals surface area contributed by atoms with Crippen LogP contribution >= 0.6 is 7.82 Å². The lowest BCUT2D eigenvalue weighted by molar-refractivity contribution is -0.123. The molecule has 0 aliphatic rings. The van der Waals surface area contributed by atoms with Gasteiger partial charge in [-0.05, 0) is 19.3 Å². The average Bonchev–Trinajstić information content (AvgIpc) is 3.21. The number of carbonyl (C=O) groups is 1. The van der Waals surface area contributed by atoms with Crippen molar-refractivity contribution in [3.05, 3.63) is 12.2 Å². The first-order chi connectivity index (χ1) is 28.4. The Morgan fingerprint density at radius 1 is 0.552 bits per heavy atom. The molecule has 1 unspecified atom stereocenters. The zero-order valence-electron chi connectivity index (χ0n) is 38.6. The molecule has 0 heterocycles. The zero-order valence-corrected chi connectivity index (χ0v) is 39.5. The first-order valence-corrected chi connectivity index (χ1v) is 26.8. The van der Waals surface area contributed by atoms with Gasteiger partial charge in [-0.3, -0.25) is 13.8 Å². The summed E-state index contributed by atoms with van der Waals surface area (Å²) in [5, 5.41) is 13.7. The van der Waals surface area contributed by atoms with Crippen molar-refractivity contribution in [2.24, 2.45) is 5.73 Å². The number of hydrogen-bond acceptors (Lipinski definition) is 6. The summed E-state index contributed by atoms with van der Waals surface area (Å²) in [5.74, 6) is -0.188. The predicted octanol–water partition coefficient (Wildman–Crippen LogP) is 14.7. The van der Waals surface area contributed by atoms with Crippen LogP contribution in [-0.2, 0) is 18.4 Å².